The van der Waals surface area contributed by atoms with E-state index in [0.29, 0.717) is 18.8 Å². The van der Waals surface area contributed by atoms with Crippen LogP contribution in [0.3, 0.4) is 0 Å². The molecule has 0 atom stereocenters. The second kappa shape index (κ2) is 5.54. The highest BCUT2D eigenvalue weighted by atomic mass is 32.2. The van der Waals surface area contributed by atoms with Crippen LogP contribution in [0, 0.1) is 12.7 Å². The minimum Gasteiger partial charge on any atom is -0.379 e. The molecule has 2 rings (SSSR count). The van der Waals surface area contributed by atoms with Crippen molar-refractivity contribution in [1.82, 2.24) is 4.31 Å². The average molecular weight is 288 g/mol. The summed E-state index contributed by atoms with van der Waals surface area (Å²) in [5, 5.41) is 0. The van der Waals surface area contributed by atoms with E-state index in [2.05, 4.69) is 0 Å². The Morgan fingerprint density at radius 3 is 2.58 bits per heavy atom. The van der Waals surface area contributed by atoms with Crippen LogP contribution in [-0.4, -0.2) is 39.0 Å². The molecule has 19 heavy (non-hydrogen) atoms. The first-order chi connectivity index (χ1) is 8.96. The van der Waals surface area contributed by atoms with E-state index < -0.39 is 15.8 Å². The Balaban J connectivity index is 2.47. The normalized spacial score (nSPS) is 17.6. The van der Waals surface area contributed by atoms with Gasteiger partial charge in [-0.3, -0.25) is 0 Å². The number of sulfonamides is 1. The fourth-order valence-corrected chi connectivity index (χ4v) is 3.71. The third-order valence-electron chi connectivity index (χ3n) is 3.18. The zero-order valence-corrected chi connectivity index (χ0v) is 11.5. The molecule has 1 aromatic carbocycles. The second-order valence-electron chi connectivity index (χ2n) is 4.42. The van der Waals surface area contributed by atoms with E-state index in [1.165, 1.54) is 23.4 Å². The van der Waals surface area contributed by atoms with E-state index in [0.717, 1.165) is 0 Å². The molecule has 0 saturated carbocycles. The first-order valence-corrected chi connectivity index (χ1v) is 7.48. The average Bonchev–Trinajstić information content (AvgIpc) is 2.42. The van der Waals surface area contributed by atoms with E-state index in [1.807, 2.05) is 0 Å². The Morgan fingerprint density at radius 2 is 2.00 bits per heavy atom. The van der Waals surface area contributed by atoms with Gasteiger partial charge < -0.3 is 10.5 Å². The summed E-state index contributed by atoms with van der Waals surface area (Å²) in [4.78, 5) is -0.00477. The molecule has 0 unspecified atom stereocenters. The molecule has 5 nitrogen and oxygen atoms in total. The van der Waals surface area contributed by atoms with Crippen molar-refractivity contribution < 1.29 is 17.5 Å². The number of nitrogens with two attached hydrogens (primary N) is 1. The monoisotopic (exact) mass is 288 g/mol. The Kier molecular flexibility index (Phi) is 4.19. The van der Waals surface area contributed by atoms with Crippen LogP contribution in [0.15, 0.2) is 17.0 Å². The van der Waals surface area contributed by atoms with E-state index in [-0.39, 0.29) is 30.1 Å². The fourth-order valence-electron chi connectivity index (χ4n) is 2.02. The van der Waals surface area contributed by atoms with Crippen LogP contribution < -0.4 is 5.73 Å². The summed E-state index contributed by atoms with van der Waals surface area (Å²) < 4.78 is 45.2. The molecule has 0 radical (unpaired) electrons. The number of nitrogens with zero attached hydrogens (tertiary/aromatic N) is 1. The van der Waals surface area contributed by atoms with Gasteiger partial charge in [0.05, 0.1) is 18.1 Å². The third-order valence-corrected chi connectivity index (χ3v) is 5.20. The summed E-state index contributed by atoms with van der Waals surface area (Å²) in [7, 11) is -3.69. The van der Waals surface area contributed by atoms with Crippen molar-refractivity contribution in [2.75, 3.05) is 26.3 Å². The van der Waals surface area contributed by atoms with Crippen LogP contribution >= 0.6 is 0 Å². The molecule has 0 aromatic heterocycles. The molecule has 0 aliphatic carbocycles. The first-order valence-electron chi connectivity index (χ1n) is 6.04. The molecular formula is C12H17FN2O3S. The van der Waals surface area contributed by atoms with Crippen LogP contribution in [0.5, 0.6) is 0 Å². The summed E-state index contributed by atoms with van der Waals surface area (Å²) in [6.07, 6.45) is 0. The quantitative estimate of drug-likeness (QED) is 0.884. The maximum absolute atomic E-state index is 13.8. The van der Waals surface area contributed by atoms with Crippen molar-refractivity contribution >= 4 is 10.0 Å². The number of hydrogen-bond acceptors (Lipinski definition) is 4. The fraction of sp³-hybridized carbons (Fsp3) is 0.500. The minimum atomic E-state index is -3.69. The molecule has 1 saturated heterocycles. The van der Waals surface area contributed by atoms with Gasteiger partial charge in [0, 0.05) is 25.2 Å². The lowest BCUT2D eigenvalue weighted by atomic mass is 10.1. The topological polar surface area (TPSA) is 72.6 Å². The molecule has 0 amide bonds. The van der Waals surface area contributed by atoms with E-state index in [4.69, 9.17) is 10.5 Å². The summed E-state index contributed by atoms with van der Waals surface area (Å²) in [5.41, 5.74) is 6.06. The Bertz CT molecular complexity index is 569. The van der Waals surface area contributed by atoms with Crippen LogP contribution in [0.4, 0.5) is 4.39 Å². The van der Waals surface area contributed by atoms with Crippen LogP contribution in [0.2, 0.25) is 0 Å². The van der Waals surface area contributed by atoms with Crippen LogP contribution in [0.1, 0.15) is 11.1 Å². The maximum Gasteiger partial charge on any atom is 0.243 e. The van der Waals surface area contributed by atoms with Gasteiger partial charge in [0.1, 0.15) is 5.82 Å². The molecule has 7 heteroatoms. The standard InChI is InChI=1S/C12H17FN2O3S/c1-9-11(13)6-10(8-14)7-12(9)19(16,17)15-2-4-18-5-3-15/h6-7H,2-5,8,14H2,1H3. The van der Waals surface area contributed by atoms with E-state index in [9.17, 15) is 12.8 Å². The third kappa shape index (κ3) is 2.79. The van der Waals surface area contributed by atoms with Gasteiger partial charge in [-0.05, 0) is 24.6 Å². The van der Waals surface area contributed by atoms with Gasteiger partial charge >= 0.3 is 0 Å². The SMILES string of the molecule is Cc1c(F)cc(CN)cc1S(=O)(=O)N1CCOCC1. The van der Waals surface area contributed by atoms with Gasteiger partial charge in [-0.15, -0.1) is 0 Å². The lowest BCUT2D eigenvalue weighted by molar-refractivity contribution is 0.0730. The van der Waals surface area contributed by atoms with Gasteiger partial charge in [-0.1, -0.05) is 0 Å². The number of rotatable bonds is 3. The molecule has 1 heterocycles. The van der Waals surface area contributed by atoms with Crippen molar-refractivity contribution in [3.05, 3.63) is 29.1 Å². The molecule has 1 aliphatic heterocycles. The largest absolute Gasteiger partial charge is 0.379 e. The number of hydrogen-bond donors (Lipinski definition) is 1. The minimum absolute atomic E-state index is 0.00477. The number of ether oxygens (including phenoxy) is 1. The molecule has 2 N–H and O–H groups in total. The first kappa shape index (κ1) is 14.4. The highest BCUT2D eigenvalue weighted by Crippen LogP contribution is 2.24. The Labute approximate surface area is 112 Å². The molecule has 1 fully saturated rings. The van der Waals surface area contributed by atoms with Crippen molar-refractivity contribution in [2.45, 2.75) is 18.4 Å². The zero-order valence-electron chi connectivity index (χ0n) is 10.7. The van der Waals surface area contributed by atoms with Crippen LogP contribution in [-0.2, 0) is 21.3 Å². The van der Waals surface area contributed by atoms with Gasteiger partial charge in [-0.25, -0.2) is 12.8 Å². The molecule has 0 bridgehead atoms. The Hall–Kier alpha value is -1.02. The van der Waals surface area contributed by atoms with Gasteiger partial charge in [0.15, 0.2) is 0 Å². The predicted octanol–water partition coefficient (Wildman–Crippen LogP) is 0.614. The Morgan fingerprint density at radius 1 is 1.37 bits per heavy atom. The highest BCUT2D eigenvalue weighted by molar-refractivity contribution is 7.89. The second-order valence-corrected chi connectivity index (χ2v) is 6.33. The summed E-state index contributed by atoms with van der Waals surface area (Å²) in [6, 6.07) is 2.72. The van der Waals surface area contributed by atoms with Crippen LogP contribution in [0.25, 0.3) is 0 Å². The number of morpholine rings is 1. The molecular weight excluding hydrogens is 271 g/mol. The maximum atomic E-state index is 13.8. The summed E-state index contributed by atoms with van der Waals surface area (Å²) in [5.74, 6) is -0.546. The number of halogens is 1. The lowest BCUT2D eigenvalue weighted by Gasteiger charge is -2.27. The molecule has 106 valence electrons. The molecule has 0 spiro atoms. The van der Waals surface area contributed by atoms with Gasteiger partial charge in [0.25, 0.3) is 0 Å². The highest BCUT2D eigenvalue weighted by Gasteiger charge is 2.28. The van der Waals surface area contributed by atoms with Gasteiger partial charge in [-0.2, -0.15) is 4.31 Å². The van der Waals surface area contributed by atoms with Crippen molar-refractivity contribution in [3.8, 4) is 0 Å². The van der Waals surface area contributed by atoms with Gasteiger partial charge in [0.2, 0.25) is 10.0 Å². The van der Waals surface area contributed by atoms with Crippen molar-refractivity contribution in [1.29, 1.82) is 0 Å². The van der Waals surface area contributed by atoms with Crippen molar-refractivity contribution in [2.24, 2.45) is 5.73 Å². The summed E-state index contributed by atoms with van der Waals surface area (Å²) >= 11 is 0. The van der Waals surface area contributed by atoms with E-state index >= 15 is 0 Å². The predicted molar refractivity (Wildman–Crippen MR) is 68.6 cm³/mol. The zero-order chi connectivity index (χ0) is 14.0. The lowest BCUT2D eigenvalue weighted by Crippen LogP contribution is -2.41. The van der Waals surface area contributed by atoms with E-state index in [1.54, 1.807) is 0 Å². The smallest absolute Gasteiger partial charge is 0.243 e. The van der Waals surface area contributed by atoms with Crippen molar-refractivity contribution in [3.63, 3.8) is 0 Å². The summed E-state index contributed by atoms with van der Waals surface area (Å²) in [6.45, 7) is 2.85. The number of benzene rings is 1. The molecule has 1 aromatic rings. The molecule has 1 aliphatic rings.